The number of aliphatic imine (C=N–C) groups is 1. The van der Waals surface area contributed by atoms with Crippen LogP contribution in [0.25, 0.3) is 5.69 Å². The summed E-state index contributed by atoms with van der Waals surface area (Å²) in [5.41, 5.74) is 5.73. The Morgan fingerprint density at radius 3 is 2.54 bits per heavy atom. The van der Waals surface area contributed by atoms with E-state index in [1.807, 2.05) is 0 Å². The Labute approximate surface area is 153 Å². The number of aromatic nitrogens is 2. The lowest BCUT2D eigenvalue weighted by Crippen LogP contribution is -2.32. The normalized spacial score (nSPS) is 11.5. The standard InChI is InChI=1S/C18H15ClN4O3/c1-10(21-13-4-2-3-12(20)9-13)15-16(24)22-18(26)23(17(15)25)14-7-5-11(19)6-8-14/h2-9,25H,20H2,1H3,(H,22,24,26). The van der Waals surface area contributed by atoms with Crippen molar-refractivity contribution in [2.75, 3.05) is 5.73 Å². The number of benzene rings is 2. The molecule has 0 saturated carbocycles. The van der Waals surface area contributed by atoms with Crippen molar-refractivity contribution in [2.24, 2.45) is 4.99 Å². The molecule has 0 amide bonds. The van der Waals surface area contributed by atoms with E-state index in [1.165, 1.54) is 0 Å². The first-order valence-electron chi connectivity index (χ1n) is 7.62. The van der Waals surface area contributed by atoms with Gasteiger partial charge in [0, 0.05) is 10.7 Å². The van der Waals surface area contributed by atoms with Crippen molar-refractivity contribution in [1.29, 1.82) is 0 Å². The van der Waals surface area contributed by atoms with Gasteiger partial charge in [-0.05, 0) is 49.4 Å². The zero-order valence-corrected chi connectivity index (χ0v) is 14.5. The first kappa shape index (κ1) is 17.5. The van der Waals surface area contributed by atoms with Crippen molar-refractivity contribution in [2.45, 2.75) is 6.92 Å². The molecule has 1 aromatic heterocycles. The summed E-state index contributed by atoms with van der Waals surface area (Å²) in [5.74, 6) is -0.508. The van der Waals surface area contributed by atoms with Crippen LogP contribution in [0.5, 0.6) is 5.88 Å². The quantitative estimate of drug-likeness (QED) is 0.485. The van der Waals surface area contributed by atoms with E-state index < -0.39 is 17.1 Å². The average molecular weight is 371 g/mol. The van der Waals surface area contributed by atoms with E-state index in [-0.39, 0.29) is 11.3 Å². The van der Waals surface area contributed by atoms with Crippen molar-refractivity contribution in [1.82, 2.24) is 9.55 Å². The molecule has 0 spiro atoms. The maximum absolute atomic E-state index is 12.2. The van der Waals surface area contributed by atoms with Gasteiger partial charge in [0.2, 0.25) is 5.88 Å². The molecule has 4 N–H and O–H groups in total. The molecule has 3 aromatic rings. The summed E-state index contributed by atoms with van der Waals surface area (Å²) >= 11 is 5.85. The summed E-state index contributed by atoms with van der Waals surface area (Å²) in [6.07, 6.45) is 0. The summed E-state index contributed by atoms with van der Waals surface area (Å²) in [5, 5.41) is 11.1. The number of anilines is 1. The summed E-state index contributed by atoms with van der Waals surface area (Å²) in [4.78, 5) is 30.9. The molecule has 0 bridgehead atoms. The topological polar surface area (TPSA) is 113 Å². The summed E-state index contributed by atoms with van der Waals surface area (Å²) in [6.45, 7) is 1.56. The second-order valence-corrected chi connectivity index (χ2v) is 6.00. The molecule has 1 heterocycles. The molecular weight excluding hydrogens is 356 g/mol. The minimum Gasteiger partial charge on any atom is -0.493 e. The maximum atomic E-state index is 12.2. The number of hydrogen-bond acceptors (Lipinski definition) is 5. The predicted molar refractivity (Wildman–Crippen MR) is 102 cm³/mol. The Hall–Kier alpha value is -3.32. The van der Waals surface area contributed by atoms with Crippen molar-refractivity contribution in [3.05, 3.63) is 80.0 Å². The maximum Gasteiger partial charge on any atom is 0.335 e. The van der Waals surface area contributed by atoms with Crippen LogP contribution in [0.1, 0.15) is 12.5 Å². The first-order valence-corrected chi connectivity index (χ1v) is 8.00. The number of aromatic hydroxyl groups is 1. The number of aromatic amines is 1. The third-order valence-electron chi connectivity index (χ3n) is 3.70. The molecule has 0 radical (unpaired) electrons. The molecule has 8 heteroatoms. The predicted octanol–water partition coefficient (Wildman–Crippen LogP) is 2.61. The van der Waals surface area contributed by atoms with E-state index in [4.69, 9.17) is 17.3 Å². The lowest BCUT2D eigenvalue weighted by Gasteiger charge is -2.11. The SMILES string of the molecule is CC(=Nc1cccc(N)c1)c1c(O)n(-c2ccc(Cl)cc2)c(=O)[nH]c1=O. The van der Waals surface area contributed by atoms with E-state index >= 15 is 0 Å². The molecule has 26 heavy (non-hydrogen) atoms. The molecule has 0 fully saturated rings. The van der Waals surface area contributed by atoms with Crippen LogP contribution in [0, 0.1) is 0 Å². The highest BCUT2D eigenvalue weighted by molar-refractivity contribution is 6.30. The number of halogens is 1. The average Bonchev–Trinajstić information content (AvgIpc) is 2.56. The van der Waals surface area contributed by atoms with E-state index in [9.17, 15) is 14.7 Å². The zero-order valence-electron chi connectivity index (χ0n) is 13.7. The first-order chi connectivity index (χ1) is 12.4. The second kappa shape index (κ2) is 6.89. The van der Waals surface area contributed by atoms with Crippen LogP contribution in [-0.2, 0) is 0 Å². The number of rotatable bonds is 3. The molecule has 0 unspecified atom stereocenters. The smallest absolute Gasteiger partial charge is 0.335 e. The highest BCUT2D eigenvalue weighted by atomic mass is 35.5. The number of hydrogen-bond donors (Lipinski definition) is 3. The van der Waals surface area contributed by atoms with Gasteiger partial charge in [0.25, 0.3) is 5.56 Å². The Morgan fingerprint density at radius 2 is 1.88 bits per heavy atom. The summed E-state index contributed by atoms with van der Waals surface area (Å²) < 4.78 is 0.978. The molecule has 0 aliphatic heterocycles. The number of nitrogen functional groups attached to an aromatic ring is 1. The van der Waals surface area contributed by atoms with Crippen LogP contribution < -0.4 is 17.0 Å². The Balaban J connectivity index is 2.19. The summed E-state index contributed by atoms with van der Waals surface area (Å²) in [7, 11) is 0. The fraction of sp³-hybridized carbons (Fsp3) is 0.0556. The van der Waals surface area contributed by atoms with Crippen molar-refractivity contribution in [3.8, 4) is 11.6 Å². The number of nitrogens with two attached hydrogens (primary N) is 1. The molecule has 0 aliphatic carbocycles. The van der Waals surface area contributed by atoms with Crippen LogP contribution in [0.15, 0.2) is 63.1 Å². The van der Waals surface area contributed by atoms with E-state index in [0.29, 0.717) is 22.1 Å². The van der Waals surface area contributed by atoms with Gasteiger partial charge in [0.15, 0.2) is 0 Å². The molecule has 132 valence electrons. The molecule has 3 rings (SSSR count). The second-order valence-electron chi connectivity index (χ2n) is 5.56. The lowest BCUT2D eigenvalue weighted by molar-refractivity contribution is 0.430. The van der Waals surface area contributed by atoms with Gasteiger partial charge in [-0.1, -0.05) is 17.7 Å². The third kappa shape index (κ3) is 3.38. The van der Waals surface area contributed by atoms with Gasteiger partial charge >= 0.3 is 5.69 Å². The molecule has 7 nitrogen and oxygen atoms in total. The van der Waals surface area contributed by atoms with Gasteiger partial charge in [-0.15, -0.1) is 0 Å². The Bertz CT molecular complexity index is 1110. The molecule has 0 aliphatic rings. The van der Waals surface area contributed by atoms with Crippen LogP contribution in [0.3, 0.4) is 0 Å². The molecular formula is C18H15ClN4O3. The molecule has 2 aromatic carbocycles. The fourth-order valence-corrected chi connectivity index (χ4v) is 2.65. The number of H-pyrrole nitrogens is 1. The van der Waals surface area contributed by atoms with Crippen LogP contribution in [0.2, 0.25) is 5.02 Å². The van der Waals surface area contributed by atoms with Gasteiger partial charge < -0.3 is 10.8 Å². The highest BCUT2D eigenvalue weighted by Crippen LogP contribution is 2.21. The largest absolute Gasteiger partial charge is 0.493 e. The van der Waals surface area contributed by atoms with Crippen molar-refractivity contribution in [3.63, 3.8) is 0 Å². The Kier molecular flexibility index (Phi) is 4.64. The van der Waals surface area contributed by atoms with Crippen LogP contribution in [0.4, 0.5) is 11.4 Å². The lowest BCUT2D eigenvalue weighted by atomic mass is 10.2. The highest BCUT2D eigenvalue weighted by Gasteiger charge is 2.18. The van der Waals surface area contributed by atoms with Crippen LogP contribution >= 0.6 is 11.6 Å². The molecule has 0 saturated heterocycles. The summed E-state index contributed by atoms with van der Waals surface area (Å²) in [6, 6.07) is 13.0. The van der Waals surface area contributed by atoms with Gasteiger partial charge in [-0.25, -0.2) is 9.36 Å². The van der Waals surface area contributed by atoms with Gasteiger partial charge in [-0.2, -0.15) is 0 Å². The minimum atomic E-state index is -0.768. The fourth-order valence-electron chi connectivity index (χ4n) is 2.52. The monoisotopic (exact) mass is 370 g/mol. The number of nitrogens with one attached hydrogen (secondary N) is 1. The minimum absolute atomic E-state index is 0.109. The zero-order chi connectivity index (χ0) is 18.8. The Morgan fingerprint density at radius 1 is 1.19 bits per heavy atom. The van der Waals surface area contributed by atoms with Gasteiger partial charge in [0.1, 0.15) is 5.56 Å². The van der Waals surface area contributed by atoms with E-state index in [1.54, 1.807) is 55.5 Å². The molecule has 0 atom stereocenters. The van der Waals surface area contributed by atoms with Gasteiger partial charge in [0.05, 0.1) is 17.1 Å². The van der Waals surface area contributed by atoms with Gasteiger partial charge in [-0.3, -0.25) is 14.8 Å². The van der Waals surface area contributed by atoms with E-state index in [2.05, 4.69) is 9.98 Å². The van der Waals surface area contributed by atoms with Crippen molar-refractivity contribution < 1.29 is 5.11 Å². The van der Waals surface area contributed by atoms with Crippen molar-refractivity contribution >= 4 is 28.7 Å². The number of nitrogens with zero attached hydrogens (tertiary/aromatic N) is 2. The van der Waals surface area contributed by atoms with Crippen LogP contribution in [-0.4, -0.2) is 20.4 Å². The van der Waals surface area contributed by atoms with E-state index in [0.717, 1.165) is 4.57 Å². The third-order valence-corrected chi connectivity index (χ3v) is 3.95.